The van der Waals surface area contributed by atoms with Crippen LogP contribution in [0.2, 0.25) is 0 Å². The second kappa shape index (κ2) is 6.21. The summed E-state index contributed by atoms with van der Waals surface area (Å²) in [7, 11) is 0. The number of Topliss-reactive ketones (excluding diaryl/α,β-unsaturated/α-hetero) is 1. The number of hydrogen-bond donors (Lipinski definition) is 1. The number of carbonyl (C=O) groups excluding carboxylic acids is 2. The van der Waals surface area contributed by atoms with E-state index in [9.17, 15) is 22.8 Å². The van der Waals surface area contributed by atoms with Crippen LogP contribution in [0.3, 0.4) is 0 Å². The van der Waals surface area contributed by atoms with Crippen molar-refractivity contribution < 1.29 is 27.5 Å². The van der Waals surface area contributed by atoms with Crippen molar-refractivity contribution in [3.63, 3.8) is 0 Å². The number of benzene rings is 1. The molecule has 0 spiro atoms. The van der Waals surface area contributed by atoms with E-state index in [4.69, 9.17) is 5.73 Å². The molecule has 0 aromatic heterocycles. The maximum atomic E-state index is 12.9. The predicted molar refractivity (Wildman–Crippen MR) is 60.0 cm³/mol. The molecule has 0 aliphatic carbocycles. The van der Waals surface area contributed by atoms with Crippen molar-refractivity contribution in [3.05, 3.63) is 35.1 Å². The van der Waals surface area contributed by atoms with Gasteiger partial charge < -0.3 is 10.5 Å². The summed E-state index contributed by atoms with van der Waals surface area (Å²) in [5, 5.41) is 0. The standard InChI is InChI=1S/C12H12F3NO3/c1-6(19-12(16)18)2-3-10(17)7-4-8(13)11(15)9(14)5-7/h4-6H,2-3H2,1H3,(H2,16,18)/t6-/m0/s1. The highest BCUT2D eigenvalue weighted by molar-refractivity contribution is 5.96. The molecule has 0 fully saturated rings. The van der Waals surface area contributed by atoms with Crippen LogP contribution in [-0.4, -0.2) is 18.0 Å². The van der Waals surface area contributed by atoms with Crippen LogP contribution in [0, 0.1) is 17.5 Å². The molecule has 0 heterocycles. The molecule has 0 aliphatic rings. The van der Waals surface area contributed by atoms with Gasteiger partial charge in [0.05, 0.1) is 0 Å². The molecule has 0 aliphatic heterocycles. The molecule has 4 nitrogen and oxygen atoms in total. The minimum Gasteiger partial charge on any atom is -0.447 e. The van der Waals surface area contributed by atoms with Gasteiger partial charge in [-0.15, -0.1) is 0 Å². The molecule has 1 rings (SSSR count). The summed E-state index contributed by atoms with van der Waals surface area (Å²) in [6.45, 7) is 1.52. The van der Waals surface area contributed by atoms with Gasteiger partial charge in [-0.05, 0) is 25.5 Å². The van der Waals surface area contributed by atoms with Crippen molar-refractivity contribution in [2.45, 2.75) is 25.9 Å². The van der Waals surface area contributed by atoms with Crippen molar-refractivity contribution in [1.82, 2.24) is 0 Å². The molecule has 1 aromatic rings. The van der Waals surface area contributed by atoms with Gasteiger partial charge in [-0.1, -0.05) is 0 Å². The number of ether oxygens (including phenoxy) is 1. The highest BCUT2D eigenvalue weighted by Crippen LogP contribution is 2.16. The second-order valence-electron chi connectivity index (χ2n) is 3.96. The highest BCUT2D eigenvalue weighted by atomic mass is 19.2. The zero-order valence-corrected chi connectivity index (χ0v) is 10.1. The van der Waals surface area contributed by atoms with Crippen molar-refractivity contribution in [3.8, 4) is 0 Å². The average molecular weight is 275 g/mol. The Kier molecular flexibility index (Phi) is 4.91. The van der Waals surface area contributed by atoms with E-state index in [0.29, 0.717) is 12.1 Å². The first-order valence-corrected chi connectivity index (χ1v) is 5.45. The van der Waals surface area contributed by atoms with Gasteiger partial charge in [0.15, 0.2) is 23.2 Å². The SMILES string of the molecule is C[C@@H](CCC(=O)c1cc(F)c(F)c(F)c1)OC(N)=O. The van der Waals surface area contributed by atoms with E-state index >= 15 is 0 Å². The van der Waals surface area contributed by atoms with Crippen LogP contribution < -0.4 is 5.73 Å². The largest absolute Gasteiger partial charge is 0.447 e. The number of carbonyl (C=O) groups is 2. The molecule has 2 N–H and O–H groups in total. The lowest BCUT2D eigenvalue weighted by Crippen LogP contribution is -2.21. The van der Waals surface area contributed by atoms with Crippen LogP contribution in [0.4, 0.5) is 18.0 Å². The molecule has 0 radical (unpaired) electrons. The minimum atomic E-state index is -1.62. The summed E-state index contributed by atoms with van der Waals surface area (Å²) in [6, 6.07) is 1.25. The van der Waals surface area contributed by atoms with E-state index in [-0.39, 0.29) is 18.4 Å². The van der Waals surface area contributed by atoms with E-state index in [0.717, 1.165) is 0 Å². The number of primary amides is 1. The van der Waals surface area contributed by atoms with Crippen LogP contribution in [0.25, 0.3) is 0 Å². The van der Waals surface area contributed by atoms with E-state index in [1.165, 1.54) is 6.92 Å². The molecule has 1 atom stereocenters. The van der Waals surface area contributed by atoms with Gasteiger partial charge in [0, 0.05) is 12.0 Å². The summed E-state index contributed by atoms with van der Waals surface area (Å²) in [4.78, 5) is 22.0. The summed E-state index contributed by atoms with van der Waals surface area (Å²) < 4.78 is 43.1. The minimum absolute atomic E-state index is 0.112. The van der Waals surface area contributed by atoms with Gasteiger partial charge in [-0.3, -0.25) is 4.79 Å². The van der Waals surface area contributed by atoms with Gasteiger partial charge in [-0.25, -0.2) is 18.0 Å². The van der Waals surface area contributed by atoms with Crippen molar-refractivity contribution in [2.75, 3.05) is 0 Å². The van der Waals surface area contributed by atoms with Crippen molar-refractivity contribution in [1.29, 1.82) is 0 Å². The lowest BCUT2D eigenvalue weighted by molar-refractivity contribution is 0.0897. The Morgan fingerprint density at radius 1 is 1.26 bits per heavy atom. The molecule has 104 valence electrons. The van der Waals surface area contributed by atoms with Gasteiger partial charge in [0.1, 0.15) is 6.10 Å². The fourth-order valence-electron chi connectivity index (χ4n) is 1.45. The van der Waals surface area contributed by atoms with Crippen LogP contribution in [0.1, 0.15) is 30.1 Å². The first kappa shape index (κ1) is 15.0. The van der Waals surface area contributed by atoms with Crippen LogP contribution >= 0.6 is 0 Å². The average Bonchev–Trinajstić information content (AvgIpc) is 2.31. The third-order valence-electron chi connectivity index (χ3n) is 2.40. The van der Waals surface area contributed by atoms with Crippen molar-refractivity contribution >= 4 is 11.9 Å². The molecule has 19 heavy (non-hydrogen) atoms. The molecular weight excluding hydrogens is 263 g/mol. The summed E-state index contributed by atoms with van der Waals surface area (Å²) in [5.41, 5.74) is 4.51. The number of rotatable bonds is 5. The first-order valence-electron chi connectivity index (χ1n) is 5.45. The topological polar surface area (TPSA) is 69.4 Å². The van der Waals surface area contributed by atoms with E-state index in [1.54, 1.807) is 0 Å². The fraction of sp³-hybridized carbons (Fsp3) is 0.333. The van der Waals surface area contributed by atoms with Crippen LogP contribution in [-0.2, 0) is 4.74 Å². The lowest BCUT2D eigenvalue weighted by atomic mass is 10.0. The monoisotopic (exact) mass is 275 g/mol. The second-order valence-corrected chi connectivity index (χ2v) is 3.96. The molecule has 0 unspecified atom stereocenters. The number of nitrogens with two attached hydrogens (primary N) is 1. The summed E-state index contributed by atoms with van der Waals surface area (Å²) in [6.07, 6.45) is -1.54. The number of halogens is 3. The Morgan fingerprint density at radius 2 is 1.79 bits per heavy atom. The Labute approximate surface area is 107 Å². The quantitative estimate of drug-likeness (QED) is 0.663. The van der Waals surface area contributed by atoms with Gasteiger partial charge in [0.25, 0.3) is 0 Å². The molecule has 1 aromatic carbocycles. The zero-order valence-electron chi connectivity index (χ0n) is 10.1. The Morgan fingerprint density at radius 3 is 2.26 bits per heavy atom. The zero-order chi connectivity index (χ0) is 14.6. The maximum Gasteiger partial charge on any atom is 0.404 e. The Balaban J connectivity index is 2.66. The number of amides is 1. The summed E-state index contributed by atoms with van der Waals surface area (Å²) in [5.74, 6) is -5.06. The van der Waals surface area contributed by atoms with Gasteiger partial charge >= 0.3 is 6.09 Å². The fourth-order valence-corrected chi connectivity index (χ4v) is 1.45. The lowest BCUT2D eigenvalue weighted by Gasteiger charge is -2.10. The van der Waals surface area contributed by atoms with Gasteiger partial charge in [0.2, 0.25) is 0 Å². The molecular formula is C12H12F3NO3. The Bertz CT molecular complexity index is 482. The van der Waals surface area contributed by atoms with Crippen LogP contribution in [0.5, 0.6) is 0 Å². The van der Waals surface area contributed by atoms with E-state index < -0.39 is 35.4 Å². The van der Waals surface area contributed by atoms with E-state index in [2.05, 4.69) is 4.74 Å². The predicted octanol–water partition coefficient (Wildman–Crippen LogP) is 2.55. The maximum absolute atomic E-state index is 12.9. The first-order chi connectivity index (χ1) is 8.81. The van der Waals surface area contributed by atoms with Gasteiger partial charge in [-0.2, -0.15) is 0 Å². The van der Waals surface area contributed by atoms with Crippen LogP contribution in [0.15, 0.2) is 12.1 Å². The number of ketones is 1. The number of hydrogen-bond acceptors (Lipinski definition) is 3. The molecule has 0 saturated carbocycles. The summed E-state index contributed by atoms with van der Waals surface area (Å²) >= 11 is 0. The van der Waals surface area contributed by atoms with Crippen molar-refractivity contribution in [2.24, 2.45) is 5.73 Å². The third-order valence-corrected chi connectivity index (χ3v) is 2.40. The van der Waals surface area contributed by atoms with E-state index in [1.807, 2.05) is 0 Å². The normalized spacial score (nSPS) is 12.0. The third kappa shape index (κ3) is 4.27. The molecule has 0 saturated heterocycles. The molecule has 1 amide bonds. The Hall–Kier alpha value is -2.05. The molecule has 7 heteroatoms. The highest BCUT2D eigenvalue weighted by Gasteiger charge is 2.16. The molecule has 0 bridgehead atoms. The smallest absolute Gasteiger partial charge is 0.404 e.